The molecule has 0 radical (unpaired) electrons. The van der Waals surface area contributed by atoms with Crippen LogP contribution in [0.5, 0.6) is 5.75 Å². The number of benzene rings is 1. The Morgan fingerprint density at radius 1 is 1.29 bits per heavy atom. The number of fused-ring (bicyclic) bond motifs is 1. The summed E-state index contributed by atoms with van der Waals surface area (Å²) in [5.74, 6) is -3.10. The molecule has 0 spiro atoms. The zero-order valence-corrected chi connectivity index (χ0v) is 13.9. The number of hydrogen-bond donors (Lipinski definition) is 0. The van der Waals surface area contributed by atoms with Crippen LogP contribution in [-0.2, 0) is 19.1 Å². The second-order valence-corrected chi connectivity index (χ2v) is 5.47. The van der Waals surface area contributed by atoms with Gasteiger partial charge >= 0.3 is 17.5 Å². The number of rotatable bonds is 6. The molecular weight excluding hydrogens is 342 g/mol. The maximum absolute atomic E-state index is 12.5. The van der Waals surface area contributed by atoms with Crippen molar-refractivity contribution in [2.24, 2.45) is 0 Å². The van der Waals surface area contributed by atoms with E-state index in [2.05, 4.69) is 0 Å². The van der Waals surface area contributed by atoms with E-state index in [9.17, 15) is 19.7 Å². The van der Waals surface area contributed by atoms with Gasteiger partial charge in [-0.25, -0.2) is 9.59 Å². The Bertz CT molecular complexity index is 658. The predicted molar refractivity (Wildman–Crippen MR) is 82.7 cm³/mol. The zero-order valence-electron chi connectivity index (χ0n) is 13.1. The molecule has 1 atom stereocenters. The molecule has 8 nitrogen and oxygen atoms in total. The van der Waals surface area contributed by atoms with Crippen LogP contribution in [0, 0.1) is 10.1 Å². The van der Waals surface area contributed by atoms with E-state index in [0.29, 0.717) is 10.6 Å². The number of carbonyl (C=O) groups is 2. The van der Waals surface area contributed by atoms with Gasteiger partial charge in [0.05, 0.1) is 13.2 Å². The summed E-state index contributed by atoms with van der Waals surface area (Å²) in [5.41, 5.74) is -1.97. The standard InChI is InChI=1S/C15H16ClNO7/c1-3-22-13(18)15(14(19)23-4-2)11(8-17(20)21)10-7-9(16)5-6-12(10)24-15/h5-7,11H,3-4,8H2,1-2H3. The maximum Gasteiger partial charge on any atom is 0.363 e. The molecular formula is C15H16ClNO7. The van der Waals surface area contributed by atoms with Crippen LogP contribution in [0.15, 0.2) is 18.2 Å². The van der Waals surface area contributed by atoms with Crippen molar-refractivity contribution in [3.8, 4) is 5.75 Å². The van der Waals surface area contributed by atoms with Crippen molar-refractivity contribution in [1.29, 1.82) is 0 Å². The van der Waals surface area contributed by atoms with Gasteiger partial charge in [-0.3, -0.25) is 10.1 Å². The molecule has 1 aliphatic heterocycles. The monoisotopic (exact) mass is 357 g/mol. The largest absolute Gasteiger partial charge is 0.463 e. The number of halogens is 1. The second kappa shape index (κ2) is 7.04. The predicted octanol–water partition coefficient (Wildman–Crippen LogP) is 1.96. The molecule has 0 aliphatic carbocycles. The zero-order chi connectivity index (χ0) is 17.9. The molecule has 1 aromatic rings. The summed E-state index contributed by atoms with van der Waals surface area (Å²) in [6.45, 7) is 2.35. The van der Waals surface area contributed by atoms with E-state index in [1.165, 1.54) is 18.2 Å². The third-order valence-corrected chi connectivity index (χ3v) is 3.83. The van der Waals surface area contributed by atoms with Crippen molar-refractivity contribution in [2.45, 2.75) is 25.4 Å². The molecule has 1 unspecified atom stereocenters. The molecule has 0 fully saturated rings. The average molecular weight is 358 g/mol. The first-order chi connectivity index (χ1) is 11.4. The van der Waals surface area contributed by atoms with Crippen molar-refractivity contribution in [2.75, 3.05) is 19.8 Å². The lowest BCUT2D eigenvalue weighted by Crippen LogP contribution is -2.56. The highest BCUT2D eigenvalue weighted by molar-refractivity contribution is 6.30. The molecule has 0 aromatic heterocycles. The van der Waals surface area contributed by atoms with Crippen LogP contribution in [0.4, 0.5) is 0 Å². The van der Waals surface area contributed by atoms with Gasteiger partial charge < -0.3 is 14.2 Å². The van der Waals surface area contributed by atoms with Crippen LogP contribution in [0.2, 0.25) is 5.02 Å². The van der Waals surface area contributed by atoms with Gasteiger partial charge in [0.25, 0.3) is 0 Å². The van der Waals surface area contributed by atoms with Crippen molar-refractivity contribution in [3.63, 3.8) is 0 Å². The molecule has 130 valence electrons. The topological polar surface area (TPSA) is 105 Å². The van der Waals surface area contributed by atoms with E-state index in [0.717, 1.165) is 0 Å². The molecule has 2 rings (SSSR count). The fraction of sp³-hybridized carbons (Fsp3) is 0.467. The van der Waals surface area contributed by atoms with Gasteiger partial charge in [-0.05, 0) is 32.0 Å². The van der Waals surface area contributed by atoms with E-state index in [4.69, 9.17) is 25.8 Å². The Morgan fingerprint density at radius 2 is 1.88 bits per heavy atom. The Kier molecular flexibility index (Phi) is 5.28. The van der Waals surface area contributed by atoms with Gasteiger partial charge in [-0.2, -0.15) is 0 Å². The number of esters is 2. The fourth-order valence-corrected chi connectivity index (χ4v) is 2.83. The summed E-state index contributed by atoms with van der Waals surface area (Å²) in [6, 6.07) is 4.38. The van der Waals surface area contributed by atoms with Crippen molar-refractivity contribution < 1.29 is 28.7 Å². The van der Waals surface area contributed by atoms with E-state index in [-0.39, 0.29) is 19.0 Å². The highest BCUT2D eigenvalue weighted by atomic mass is 35.5. The Hall–Kier alpha value is -2.35. The first-order valence-corrected chi connectivity index (χ1v) is 7.69. The van der Waals surface area contributed by atoms with Gasteiger partial charge in [-0.15, -0.1) is 0 Å². The highest BCUT2D eigenvalue weighted by Gasteiger charge is 2.64. The van der Waals surface area contributed by atoms with Gasteiger partial charge in [0.1, 0.15) is 11.7 Å². The second-order valence-electron chi connectivity index (χ2n) is 5.03. The smallest absolute Gasteiger partial charge is 0.363 e. The summed E-state index contributed by atoms with van der Waals surface area (Å²) < 4.78 is 15.5. The Labute approximate surface area is 142 Å². The number of carbonyl (C=O) groups excluding carboxylic acids is 2. The third kappa shape index (κ3) is 3.01. The summed E-state index contributed by atoms with van der Waals surface area (Å²) in [5, 5.41) is 11.4. The molecule has 0 bridgehead atoms. The van der Waals surface area contributed by atoms with Crippen LogP contribution in [-0.4, -0.2) is 42.2 Å². The molecule has 0 N–H and O–H groups in total. The highest BCUT2D eigenvalue weighted by Crippen LogP contribution is 2.47. The first-order valence-electron chi connectivity index (χ1n) is 7.31. The van der Waals surface area contributed by atoms with Gasteiger partial charge in [0.15, 0.2) is 0 Å². The maximum atomic E-state index is 12.5. The van der Waals surface area contributed by atoms with Crippen LogP contribution in [0.3, 0.4) is 0 Å². The van der Waals surface area contributed by atoms with E-state index in [1.54, 1.807) is 13.8 Å². The Morgan fingerprint density at radius 3 is 2.38 bits per heavy atom. The number of nitrogens with zero attached hydrogens (tertiary/aromatic N) is 1. The summed E-state index contributed by atoms with van der Waals surface area (Å²) in [4.78, 5) is 35.5. The van der Waals surface area contributed by atoms with E-state index in [1.807, 2.05) is 0 Å². The molecule has 0 amide bonds. The SMILES string of the molecule is CCOC(=O)C1(C(=O)OCC)Oc2ccc(Cl)cc2C1C[N+](=O)[O-]. The molecule has 0 saturated heterocycles. The molecule has 1 aromatic carbocycles. The molecule has 9 heteroatoms. The van der Waals surface area contributed by atoms with Crippen molar-refractivity contribution >= 4 is 23.5 Å². The quantitative estimate of drug-likeness (QED) is 0.331. The third-order valence-electron chi connectivity index (χ3n) is 3.60. The van der Waals surface area contributed by atoms with Gasteiger partial charge in [0.2, 0.25) is 6.54 Å². The molecule has 1 heterocycles. The first kappa shape index (κ1) is 18.0. The number of hydrogen-bond acceptors (Lipinski definition) is 7. The van der Waals surface area contributed by atoms with Crippen LogP contribution < -0.4 is 4.74 Å². The lowest BCUT2D eigenvalue weighted by molar-refractivity contribution is -0.485. The normalized spacial score (nSPS) is 17.5. The van der Waals surface area contributed by atoms with Crippen LogP contribution in [0.1, 0.15) is 25.3 Å². The summed E-state index contributed by atoms with van der Waals surface area (Å²) >= 11 is 5.94. The molecule has 24 heavy (non-hydrogen) atoms. The number of ether oxygens (including phenoxy) is 3. The van der Waals surface area contributed by atoms with Gasteiger partial charge in [-0.1, -0.05) is 11.6 Å². The minimum absolute atomic E-state index is 0.0222. The average Bonchev–Trinajstić information content (AvgIpc) is 2.82. The van der Waals surface area contributed by atoms with E-state index < -0.39 is 34.9 Å². The molecule has 1 aliphatic rings. The number of nitro groups is 1. The lowest BCUT2D eigenvalue weighted by atomic mass is 9.84. The Balaban J connectivity index is 2.61. The fourth-order valence-electron chi connectivity index (χ4n) is 2.65. The van der Waals surface area contributed by atoms with E-state index >= 15 is 0 Å². The minimum atomic E-state index is -2.26. The van der Waals surface area contributed by atoms with Crippen LogP contribution in [0.25, 0.3) is 0 Å². The summed E-state index contributed by atoms with van der Waals surface area (Å²) in [7, 11) is 0. The summed E-state index contributed by atoms with van der Waals surface area (Å²) in [6.07, 6.45) is 0. The van der Waals surface area contributed by atoms with Crippen molar-refractivity contribution in [3.05, 3.63) is 38.9 Å². The van der Waals surface area contributed by atoms with Gasteiger partial charge in [0, 0.05) is 15.5 Å². The van der Waals surface area contributed by atoms with Crippen molar-refractivity contribution in [1.82, 2.24) is 0 Å². The minimum Gasteiger partial charge on any atom is -0.463 e. The molecule has 0 saturated carbocycles. The lowest BCUT2D eigenvalue weighted by Gasteiger charge is -2.27. The van der Waals surface area contributed by atoms with Crippen LogP contribution >= 0.6 is 11.6 Å².